The Morgan fingerprint density at radius 3 is 2.57 bits per heavy atom. The number of carbonyl (C=O) groups is 1. The van der Waals surface area contributed by atoms with Crippen LogP contribution in [0.2, 0.25) is 0 Å². The minimum atomic E-state index is -4.43. The molecule has 2 aliphatic rings. The van der Waals surface area contributed by atoms with Gasteiger partial charge in [-0.05, 0) is 32.1 Å². The molecule has 0 amide bonds. The Kier molecular flexibility index (Phi) is 7.05. The van der Waals surface area contributed by atoms with Crippen molar-refractivity contribution in [3.05, 3.63) is 12.2 Å². The smallest absolute Gasteiger partial charge is 0.309 e. The largest absolute Gasteiger partial charge is 0.748 e. The molecule has 2 unspecified atom stereocenters. The van der Waals surface area contributed by atoms with Gasteiger partial charge in [0.2, 0.25) is 0 Å². The molecule has 23 heavy (non-hydrogen) atoms. The van der Waals surface area contributed by atoms with Gasteiger partial charge in [0.1, 0.15) is 6.10 Å². The van der Waals surface area contributed by atoms with Gasteiger partial charge in [0.25, 0.3) is 0 Å². The van der Waals surface area contributed by atoms with Gasteiger partial charge < -0.3 is 14.6 Å². The molecule has 0 aromatic heterocycles. The van der Waals surface area contributed by atoms with Crippen LogP contribution in [0.25, 0.3) is 0 Å². The Labute approximate surface area is 138 Å². The van der Waals surface area contributed by atoms with Crippen molar-refractivity contribution in [1.29, 1.82) is 0 Å². The molecule has 0 aliphatic heterocycles. The van der Waals surface area contributed by atoms with Crippen LogP contribution in [0.5, 0.6) is 0 Å². The van der Waals surface area contributed by atoms with E-state index in [9.17, 15) is 17.8 Å². The van der Waals surface area contributed by atoms with Crippen LogP contribution in [0.1, 0.15) is 51.4 Å². The third-order valence-electron chi connectivity index (χ3n) is 4.51. The minimum Gasteiger partial charge on any atom is -0.748 e. The van der Waals surface area contributed by atoms with E-state index in [0.29, 0.717) is 18.9 Å². The molecule has 1 N–H and O–H groups in total. The molecule has 0 heterocycles. The van der Waals surface area contributed by atoms with Gasteiger partial charge in [-0.15, -0.1) is 0 Å². The molecule has 0 radical (unpaired) electrons. The van der Waals surface area contributed by atoms with Crippen LogP contribution in [-0.4, -0.2) is 43.4 Å². The molecule has 0 saturated heterocycles. The van der Waals surface area contributed by atoms with Crippen molar-refractivity contribution in [2.24, 2.45) is 5.92 Å². The number of nitrogens with one attached hydrogen (secondary N) is 1. The Morgan fingerprint density at radius 1 is 1.22 bits per heavy atom. The summed E-state index contributed by atoms with van der Waals surface area (Å²) in [6.45, 7) is 0.223. The first-order valence-corrected chi connectivity index (χ1v) is 10.0. The van der Waals surface area contributed by atoms with Crippen LogP contribution in [-0.2, 0) is 19.6 Å². The Balaban J connectivity index is 1.87. The van der Waals surface area contributed by atoms with Crippen molar-refractivity contribution in [2.45, 2.75) is 63.5 Å². The zero-order chi connectivity index (χ0) is 16.7. The van der Waals surface area contributed by atoms with Gasteiger partial charge >= 0.3 is 5.97 Å². The molecule has 6 nitrogen and oxygen atoms in total. The first-order chi connectivity index (χ1) is 10.9. The SMILES string of the molecule is O=C(OC(CNC1CCCCC1)CS(=O)(=O)[O-])C1CC=CCC1. The lowest BCUT2D eigenvalue weighted by Crippen LogP contribution is -2.42. The fourth-order valence-electron chi connectivity index (χ4n) is 3.24. The summed E-state index contributed by atoms with van der Waals surface area (Å²) in [4.78, 5) is 12.2. The minimum absolute atomic E-state index is 0.223. The highest BCUT2D eigenvalue weighted by Gasteiger charge is 2.25. The predicted molar refractivity (Wildman–Crippen MR) is 85.8 cm³/mol. The van der Waals surface area contributed by atoms with Gasteiger partial charge in [-0.3, -0.25) is 4.79 Å². The standard InChI is InChI=1S/C16H27NO5S/c18-16(13-7-3-1-4-8-13)22-15(12-23(19,20)21)11-17-14-9-5-2-6-10-14/h1,3,13-15,17H,2,4-12H2,(H,19,20,21)/p-1. The average molecular weight is 344 g/mol. The van der Waals surface area contributed by atoms with E-state index in [1.54, 1.807) is 0 Å². The topological polar surface area (TPSA) is 95.5 Å². The summed E-state index contributed by atoms with van der Waals surface area (Å²) in [5, 5.41) is 3.26. The molecular formula is C16H26NO5S-. The number of allylic oxidation sites excluding steroid dienone is 2. The molecule has 0 spiro atoms. The average Bonchev–Trinajstić information content (AvgIpc) is 2.53. The third kappa shape index (κ3) is 7.01. The molecule has 1 saturated carbocycles. The molecule has 0 aromatic rings. The molecule has 2 aliphatic carbocycles. The Bertz CT molecular complexity index is 511. The van der Waals surface area contributed by atoms with E-state index in [4.69, 9.17) is 4.74 Å². The van der Waals surface area contributed by atoms with Gasteiger partial charge in [-0.25, -0.2) is 8.42 Å². The van der Waals surface area contributed by atoms with Crippen molar-refractivity contribution in [2.75, 3.05) is 12.3 Å². The van der Waals surface area contributed by atoms with Crippen LogP contribution in [0.3, 0.4) is 0 Å². The van der Waals surface area contributed by atoms with Crippen molar-refractivity contribution >= 4 is 16.1 Å². The molecule has 132 valence electrons. The van der Waals surface area contributed by atoms with Crippen molar-refractivity contribution in [1.82, 2.24) is 5.32 Å². The van der Waals surface area contributed by atoms with E-state index in [2.05, 4.69) is 5.32 Å². The second-order valence-electron chi connectivity index (χ2n) is 6.51. The molecule has 2 atom stereocenters. The number of rotatable bonds is 7. The summed E-state index contributed by atoms with van der Waals surface area (Å²) in [5.41, 5.74) is 0. The lowest BCUT2D eigenvalue weighted by Gasteiger charge is -2.27. The zero-order valence-electron chi connectivity index (χ0n) is 13.4. The number of esters is 1. The molecule has 1 fully saturated rings. The lowest BCUT2D eigenvalue weighted by atomic mass is 9.94. The summed E-state index contributed by atoms with van der Waals surface area (Å²) < 4.78 is 38.5. The maximum absolute atomic E-state index is 12.2. The predicted octanol–water partition coefficient (Wildman–Crippen LogP) is 1.72. The van der Waals surface area contributed by atoms with Crippen LogP contribution < -0.4 is 5.32 Å². The summed E-state index contributed by atoms with van der Waals surface area (Å²) in [6, 6.07) is 0.317. The summed E-state index contributed by atoms with van der Waals surface area (Å²) in [6.07, 6.45) is 10.8. The van der Waals surface area contributed by atoms with Gasteiger partial charge in [0, 0.05) is 12.6 Å². The first kappa shape index (κ1) is 18.4. The van der Waals surface area contributed by atoms with Crippen molar-refractivity contribution < 1.29 is 22.5 Å². The summed E-state index contributed by atoms with van der Waals surface area (Å²) in [7, 11) is -4.43. The van der Waals surface area contributed by atoms with Gasteiger partial charge in [0.15, 0.2) is 0 Å². The Morgan fingerprint density at radius 2 is 1.96 bits per heavy atom. The van der Waals surface area contributed by atoms with Crippen molar-refractivity contribution in [3.63, 3.8) is 0 Å². The molecule has 0 bridgehead atoms. The van der Waals surface area contributed by atoms with E-state index in [1.165, 1.54) is 6.42 Å². The van der Waals surface area contributed by atoms with E-state index < -0.39 is 27.9 Å². The summed E-state index contributed by atoms with van der Waals surface area (Å²) >= 11 is 0. The second-order valence-corrected chi connectivity index (χ2v) is 7.96. The highest BCUT2D eigenvalue weighted by Crippen LogP contribution is 2.21. The molecule has 0 aromatic carbocycles. The van der Waals surface area contributed by atoms with Gasteiger partial charge in [-0.2, -0.15) is 0 Å². The normalized spacial score (nSPS) is 24.3. The highest BCUT2D eigenvalue weighted by molar-refractivity contribution is 7.85. The zero-order valence-corrected chi connectivity index (χ0v) is 14.2. The van der Waals surface area contributed by atoms with Crippen LogP contribution in [0.15, 0.2) is 12.2 Å². The third-order valence-corrected chi connectivity index (χ3v) is 5.29. The molecule has 7 heteroatoms. The second kappa shape index (κ2) is 8.80. The lowest BCUT2D eigenvalue weighted by molar-refractivity contribution is -0.153. The number of carbonyl (C=O) groups excluding carboxylic acids is 1. The van der Waals surface area contributed by atoms with E-state index in [0.717, 1.165) is 32.1 Å². The maximum atomic E-state index is 12.2. The monoisotopic (exact) mass is 344 g/mol. The van der Waals surface area contributed by atoms with Crippen LogP contribution in [0.4, 0.5) is 0 Å². The summed E-state index contributed by atoms with van der Waals surface area (Å²) in [5.74, 6) is -1.29. The fraction of sp³-hybridized carbons (Fsp3) is 0.812. The number of hydrogen-bond donors (Lipinski definition) is 1. The van der Waals surface area contributed by atoms with Crippen molar-refractivity contribution in [3.8, 4) is 0 Å². The van der Waals surface area contributed by atoms with Gasteiger partial charge in [-0.1, -0.05) is 31.4 Å². The fourth-order valence-corrected chi connectivity index (χ4v) is 3.88. The van der Waals surface area contributed by atoms with Gasteiger partial charge in [0.05, 0.1) is 21.8 Å². The van der Waals surface area contributed by atoms with Crippen LogP contribution in [0, 0.1) is 5.92 Å². The highest BCUT2D eigenvalue weighted by atomic mass is 32.2. The quantitative estimate of drug-likeness (QED) is 0.429. The van der Waals surface area contributed by atoms with E-state index >= 15 is 0 Å². The first-order valence-electron chi connectivity index (χ1n) is 8.46. The molecule has 2 rings (SSSR count). The number of ether oxygens (including phenoxy) is 1. The Hall–Kier alpha value is -0.920. The molecular weight excluding hydrogens is 318 g/mol. The van der Waals surface area contributed by atoms with E-state index in [1.807, 2.05) is 12.2 Å². The van der Waals surface area contributed by atoms with Crippen LogP contribution >= 0.6 is 0 Å². The van der Waals surface area contributed by atoms with E-state index in [-0.39, 0.29) is 12.5 Å². The number of hydrogen-bond acceptors (Lipinski definition) is 6. The maximum Gasteiger partial charge on any atom is 0.309 e.